The van der Waals surface area contributed by atoms with E-state index in [0.717, 1.165) is 6.20 Å². The number of hydrogen-bond acceptors (Lipinski definition) is 8. The van der Waals surface area contributed by atoms with Crippen LogP contribution in [0.5, 0.6) is 5.75 Å². The van der Waals surface area contributed by atoms with E-state index in [4.69, 9.17) is 14.2 Å². The van der Waals surface area contributed by atoms with Crippen LogP contribution in [0.25, 0.3) is 11.0 Å². The number of methoxy groups -OCH3 is 2. The fourth-order valence-corrected chi connectivity index (χ4v) is 5.28. The molecular weight excluding hydrogens is 503 g/mol. The molecule has 0 atom stereocenters. The van der Waals surface area contributed by atoms with E-state index >= 15 is 0 Å². The molecule has 36 heavy (non-hydrogen) atoms. The van der Waals surface area contributed by atoms with Crippen LogP contribution in [0.2, 0.25) is 0 Å². The van der Waals surface area contributed by atoms with Crippen LogP contribution in [0.4, 0.5) is 30.4 Å². The zero-order chi connectivity index (χ0) is 25.9. The summed E-state index contributed by atoms with van der Waals surface area (Å²) in [4.78, 5) is 6.91. The Morgan fingerprint density at radius 1 is 1.17 bits per heavy atom. The highest BCUT2D eigenvalue weighted by atomic mass is 32.2. The number of aromatic amines is 1. The summed E-state index contributed by atoms with van der Waals surface area (Å²) >= 11 is 0. The maximum absolute atomic E-state index is 13.5. The van der Waals surface area contributed by atoms with Gasteiger partial charge in [-0.25, -0.2) is 13.4 Å². The summed E-state index contributed by atoms with van der Waals surface area (Å²) in [5, 5.41) is 5.88. The van der Waals surface area contributed by atoms with Crippen LogP contribution in [-0.4, -0.2) is 76.4 Å². The molecule has 14 heteroatoms. The second-order valence-electron chi connectivity index (χ2n) is 7.90. The van der Waals surface area contributed by atoms with Crippen molar-refractivity contribution in [2.75, 3.05) is 64.3 Å². The summed E-state index contributed by atoms with van der Waals surface area (Å²) in [6.07, 6.45) is -3.70. The molecule has 3 aromatic rings. The third kappa shape index (κ3) is 5.36. The number of aromatic nitrogens is 2. The minimum absolute atomic E-state index is 0.0257. The van der Waals surface area contributed by atoms with Gasteiger partial charge >= 0.3 is 6.18 Å². The van der Waals surface area contributed by atoms with Crippen molar-refractivity contribution in [3.8, 4) is 5.75 Å². The van der Waals surface area contributed by atoms with Crippen LogP contribution in [0.15, 0.2) is 35.4 Å². The topological polar surface area (TPSA) is 118 Å². The number of morpholine rings is 1. The zero-order valence-electron chi connectivity index (χ0n) is 19.6. The van der Waals surface area contributed by atoms with E-state index in [1.165, 1.54) is 42.8 Å². The molecule has 0 aliphatic carbocycles. The van der Waals surface area contributed by atoms with E-state index in [2.05, 4.69) is 20.6 Å². The first-order chi connectivity index (χ1) is 17.1. The summed E-state index contributed by atoms with van der Waals surface area (Å²) in [7, 11) is -0.868. The lowest BCUT2D eigenvalue weighted by molar-refractivity contribution is -0.136. The van der Waals surface area contributed by atoms with Crippen molar-refractivity contribution in [3.05, 3.63) is 36.0 Å². The van der Waals surface area contributed by atoms with Gasteiger partial charge in [0, 0.05) is 50.8 Å². The molecule has 0 radical (unpaired) electrons. The molecule has 3 N–H and O–H groups in total. The number of nitrogens with zero attached hydrogens (tertiary/aromatic N) is 2. The van der Waals surface area contributed by atoms with Crippen molar-refractivity contribution >= 4 is 38.2 Å². The van der Waals surface area contributed by atoms with Crippen LogP contribution in [0, 0.1) is 0 Å². The van der Waals surface area contributed by atoms with Gasteiger partial charge in [0.15, 0.2) is 0 Å². The second kappa shape index (κ2) is 10.5. The number of anilines is 3. The van der Waals surface area contributed by atoms with Gasteiger partial charge in [-0.05, 0) is 12.1 Å². The molecule has 1 fully saturated rings. The number of ether oxygens (including phenoxy) is 3. The van der Waals surface area contributed by atoms with Crippen molar-refractivity contribution < 1.29 is 35.8 Å². The van der Waals surface area contributed by atoms with Gasteiger partial charge in [-0.1, -0.05) is 0 Å². The average molecular weight is 530 g/mol. The summed E-state index contributed by atoms with van der Waals surface area (Å²) in [6.45, 7) is 1.70. The van der Waals surface area contributed by atoms with Crippen LogP contribution >= 0.6 is 0 Å². The Morgan fingerprint density at radius 2 is 1.92 bits per heavy atom. The maximum Gasteiger partial charge on any atom is 0.418 e. The van der Waals surface area contributed by atoms with Gasteiger partial charge in [-0.2, -0.15) is 17.5 Å². The number of halogens is 3. The molecule has 196 valence electrons. The Bertz CT molecular complexity index is 1320. The van der Waals surface area contributed by atoms with Crippen LogP contribution in [0.3, 0.4) is 0 Å². The van der Waals surface area contributed by atoms with E-state index < -0.39 is 21.8 Å². The molecular formula is C22H26F3N5O5S. The van der Waals surface area contributed by atoms with E-state index in [0.29, 0.717) is 18.9 Å². The molecule has 1 saturated heterocycles. The lowest BCUT2D eigenvalue weighted by atomic mass is 10.1. The molecule has 1 aromatic carbocycles. The van der Waals surface area contributed by atoms with Gasteiger partial charge in [0.1, 0.15) is 17.2 Å². The third-order valence-corrected chi connectivity index (χ3v) is 7.51. The predicted octanol–water partition coefficient (Wildman–Crippen LogP) is 3.41. The van der Waals surface area contributed by atoms with Gasteiger partial charge in [0.2, 0.25) is 10.0 Å². The van der Waals surface area contributed by atoms with Crippen LogP contribution in [-0.2, 0) is 25.7 Å². The number of pyridine rings is 1. The summed E-state index contributed by atoms with van der Waals surface area (Å²) in [5.41, 5.74) is -0.223. The highest BCUT2D eigenvalue weighted by Crippen LogP contribution is 2.39. The predicted molar refractivity (Wildman–Crippen MR) is 127 cm³/mol. The molecule has 0 saturated carbocycles. The van der Waals surface area contributed by atoms with Gasteiger partial charge in [0.05, 0.1) is 48.5 Å². The largest absolute Gasteiger partial charge is 0.495 e. The van der Waals surface area contributed by atoms with E-state index in [1.807, 2.05) is 0 Å². The van der Waals surface area contributed by atoms with Gasteiger partial charge in [0.25, 0.3) is 0 Å². The number of fused-ring (bicyclic) bond motifs is 1. The van der Waals surface area contributed by atoms with Crippen molar-refractivity contribution in [3.63, 3.8) is 0 Å². The van der Waals surface area contributed by atoms with Crippen LogP contribution in [0.1, 0.15) is 5.56 Å². The highest BCUT2D eigenvalue weighted by molar-refractivity contribution is 7.89. The fraction of sp³-hybridized carbons (Fsp3) is 0.409. The molecule has 10 nitrogen and oxygen atoms in total. The minimum Gasteiger partial charge on any atom is -0.495 e. The van der Waals surface area contributed by atoms with Crippen molar-refractivity contribution in [2.45, 2.75) is 11.1 Å². The van der Waals surface area contributed by atoms with Crippen LogP contribution < -0.4 is 15.4 Å². The fourth-order valence-electron chi connectivity index (χ4n) is 3.86. The molecule has 0 bridgehead atoms. The number of sulfonamides is 1. The number of nitrogens with one attached hydrogen (secondary N) is 3. The van der Waals surface area contributed by atoms with Gasteiger partial charge in [-0.3, -0.25) is 0 Å². The summed E-state index contributed by atoms with van der Waals surface area (Å²) in [5.74, 6) is 0.447. The molecule has 0 unspecified atom stereocenters. The standard InChI is InChI=1S/C22H26F3N5O5S/c1-33-8-5-26-17-12-19(29-21-20(17)15(13-27-21)22(23,24)25)28-16-4-3-14(11-18(16)34-2)36(31,32)30-6-9-35-10-7-30/h3-4,11-13H,5-10H2,1-2H3,(H3,26,27,28,29). The number of benzene rings is 1. The number of H-pyrrole nitrogens is 1. The van der Waals surface area contributed by atoms with Crippen molar-refractivity contribution in [1.29, 1.82) is 0 Å². The third-order valence-electron chi connectivity index (χ3n) is 5.61. The lowest BCUT2D eigenvalue weighted by Crippen LogP contribution is -2.40. The van der Waals surface area contributed by atoms with Crippen molar-refractivity contribution in [2.24, 2.45) is 0 Å². The monoisotopic (exact) mass is 529 g/mol. The molecule has 0 spiro atoms. The Morgan fingerprint density at radius 3 is 2.58 bits per heavy atom. The molecule has 2 aromatic heterocycles. The smallest absolute Gasteiger partial charge is 0.418 e. The Hall–Kier alpha value is -3.07. The Labute approximate surface area is 205 Å². The first kappa shape index (κ1) is 26.0. The van der Waals surface area contributed by atoms with E-state index in [9.17, 15) is 21.6 Å². The Balaban J connectivity index is 1.68. The zero-order valence-corrected chi connectivity index (χ0v) is 20.4. The summed E-state index contributed by atoms with van der Waals surface area (Å²) in [6, 6.07) is 5.78. The first-order valence-electron chi connectivity index (χ1n) is 11.0. The SMILES string of the molecule is COCCNc1cc(Nc2ccc(S(=O)(=O)N3CCOCC3)cc2OC)nc2[nH]cc(C(F)(F)F)c12. The maximum atomic E-state index is 13.5. The minimum atomic E-state index is -4.57. The van der Waals surface area contributed by atoms with Crippen molar-refractivity contribution in [1.82, 2.24) is 14.3 Å². The number of rotatable bonds is 9. The average Bonchev–Trinajstić information content (AvgIpc) is 3.30. The molecule has 4 rings (SSSR count). The van der Waals surface area contributed by atoms with E-state index in [-0.39, 0.29) is 59.4 Å². The molecule has 0 amide bonds. The highest BCUT2D eigenvalue weighted by Gasteiger charge is 2.35. The number of alkyl halides is 3. The van der Waals surface area contributed by atoms with Gasteiger partial charge < -0.3 is 29.8 Å². The molecule has 1 aliphatic rings. The normalized spacial score (nSPS) is 15.2. The van der Waals surface area contributed by atoms with E-state index in [1.54, 1.807) is 0 Å². The lowest BCUT2D eigenvalue weighted by Gasteiger charge is -2.26. The van der Waals surface area contributed by atoms with Gasteiger partial charge in [-0.15, -0.1) is 0 Å². The second-order valence-corrected chi connectivity index (χ2v) is 9.84. The Kier molecular flexibility index (Phi) is 7.59. The summed E-state index contributed by atoms with van der Waals surface area (Å²) < 4.78 is 83.6. The molecule has 1 aliphatic heterocycles. The molecule has 3 heterocycles. The number of hydrogen-bond donors (Lipinski definition) is 3. The quantitative estimate of drug-likeness (QED) is 0.361. The first-order valence-corrected chi connectivity index (χ1v) is 12.4.